The Labute approximate surface area is 307 Å². The van der Waals surface area contributed by atoms with Gasteiger partial charge in [0, 0.05) is 34.9 Å². The van der Waals surface area contributed by atoms with Gasteiger partial charge in [-0.05, 0) is 93.2 Å². The summed E-state index contributed by atoms with van der Waals surface area (Å²) in [6.07, 6.45) is 9.44. The molecule has 4 aliphatic heterocycles. The van der Waals surface area contributed by atoms with E-state index in [1.165, 1.54) is 12.8 Å². The fourth-order valence-electron chi connectivity index (χ4n) is 7.91. The first-order valence-electron chi connectivity index (χ1n) is 19.2. The number of rotatable bonds is 6. The summed E-state index contributed by atoms with van der Waals surface area (Å²) in [4.78, 5) is 13.9. The topological polar surface area (TPSA) is 109 Å². The van der Waals surface area contributed by atoms with E-state index in [0.717, 1.165) is 51.4 Å². The molecule has 2 saturated heterocycles. The first-order valence-corrected chi connectivity index (χ1v) is 19.2. The van der Waals surface area contributed by atoms with Crippen LogP contribution in [0.5, 0.6) is 34.5 Å². The maximum absolute atomic E-state index is 13.9. The van der Waals surface area contributed by atoms with Crippen molar-refractivity contribution in [3.8, 4) is 34.5 Å². The summed E-state index contributed by atoms with van der Waals surface area (Å²) in [6, 6.07) is 6.93. The maximum atomic E-state index is 13.9. The van der Waals surface area contributed by atoms with Gasteiger partial charge in [0.2, 0.25) is 12.6 Å². The Morgan fingerprint density at radius 1 is 0.519 bits per heavy atom. The van der Waals surface area contributed by atoms with Crippen molar-refractivity contribution in [1.82, 2.24) is 0 Å². The van der Waals surface area contributed by atoms with E-state index < -0.39 is 55.4 Å². The molecule has 2 aromatic rings. The van der Waals surface area contributed by atoms with Crippen molar-refractivity contribution >= 4 is 31.3 Å². The molecule has 11 nitrogen and oxygen atoms in total. The molecule has 8 rings (SSSR count). The van der Waals surface area contributed by atoms with E-state index in [1.807, 2.05) is 55.4 Å². The Hall–Kier alpha value is -3.12. The lowest BCUT2D eigenvalue weighted by Gasteiger charge is -2.32. The Bertz CT molecular complexity index is 1540. The summed E-state index contributed by atoms with van der Waals surface area (Å²) < 4.78 is 63.1. The predicted octanol–water partition coefficient (Wildman–Crippen LogP) is 7.22. The van der Waals surface area contributed by atoms with E-state index in [0.29, 0.717) is 33.9 Å². The van der Waals surface area contributed by atoms with Crippen LogP contribution in [0, 0.1) is 11.8 Å². The van der Waals surface area contributed by atoms with Crippen molar-refractivity contribution in [3.63, 3.8) is 0 Å². The molecule has 52 heavy (non-hydrogen) atoms. The lowest BCUT2D eigenvalue weighted by atomic mass is 9.78. The van der Waals surface area contributed by atoms with Gasteiger partial charge in [0.15, 0.2) is 23.0 Å². The van der Waals surface area contributed by atoms with Crippen LogP contribution in [-0.2, 0) is 18.6 Å². The number of hydrogen-bond acceptors (Lipinski definition) is 11. The zero-order valence-corrected chi connectivity index (χ0v) is 31.8. The van der Waals surface area contributed by atoms with Crippen LogP contribution in [0.2, 0.25) is 0 Å². The van der Waals surface area contributed by atoms with Gasteiger partial charge in [-0.1, -0.05) is 38.5 Å². The third-order valence-electron chi connectivity index (χ3n) is 12.6. The minimum atomic E-state index is -0.971. The lowest BCUT2D eigenvalue weighted by molar-refractivity contribution is -0.0176. The number of carbonyl (C=O) groups is 1. The van der Waals surface area contributed by atoms with Gasteiger partial charge in [-0.2, -0.15) is 0 Å². The van der Waals surface area contributed by atoms with Crippen molar-refractivity contribution in [2.45, 2.75) is 155 Å². The molecule has 0 N–H and O–H groups in total. The van der Waals surface area contributed by atoms with Gasteiger partial charge in [0.1, 0.15) is 11.5 Å². The van der Waals surface area contributed by atoms with E-state index in [9.17, 15) is 4.79 Å². The highest BCUT2D eigenvalue weighted by Gasteiger charge is 2.55. The van der Waals surface area contributed by atoms with Crippen molar-refractivity contribution in [2.24, 2.45) is 11.8 Å². The highest BCUT2D eigenvalue weighted by atomic mass is 16.7. The van der Waals surface area contributed by atoms with Crippen molar-refractivity contribution in [1.29, 1.82) is 0 Å². The van der Waals surface area contributed by atoms with Crippen LogP contribution in [0.25, 0.3) is 0 Å². The Morgan fingerprint density at radius 2 is 0.827 bits per heavy atom. The maximum Gasteiger partial charge on any atom is 0.519 e. The molecule has 2 aliphatic carbocycles. The molecule has 0 spiro atoms. The smallest absolute Gasteiger partial charge is 0.451 e. The van der Waals surface area contributed by atoms with Crippen LogP contribution in [0.15, 0.2) is 24.3 Å². The summed E-state index contributed by atoms with van der Waals surface area (Å²) in [5.41, 5.74) is -1.53. The van der Waals surface area contributed by atoms with E-state index in [2.05, 4.69) is 0 Å². The molecule has 2 saturated carbocycles. The molecule has 6 aliphatic rings. The fraction of sp³-hybridized carbons (Fsp3) is 0.667. The second kappa shape index (κ2) is 13.0. The van der Waals surface area contributed by atoms with Crippen LogP contribution in [0.1, 0.15) is 120 Å². The van der Waals surface area contributed by atoms with Gasteiger partial charge in [-0.15, -0.1) is 0 Å². The van der Waals surface area contributed by atoms with Crippen LogP contribution in [0.3, 0.4) is 0 Å². The Kier molecular flexibility index (Phi) is 8.99. The second-order valence-electron chi connectivity index (χ2n) is 17.3. The number of benzene rings is 2. The van der Waals surface area contributed by atoms with Gasteiger partial charge in [-0.25, -0.2) is 4.79 Å². The highest BCUT2D eigenvalue weighted by Crippen LogP contribution is 2.46. The van der Waals surface area contributed by atoms with Crippen LogP contribution in [-0.4, -0.2) is 55.4 Å². The number of hydrogen-bond donors (Lipinski definition) is 0. The molecular formula is C39H52B2O11. The minimum absolute atomic E-state index is 0.186. The summed E-state index contributed by atoms with van der Waals surface area (Å²) >= 11 is 0. The van der Waals surface area contributed by atoms with Crippen molar-refractivity contribution in [2.75, 3.05) is 0 Å². The van der Waals surface area contributed by atoms with E-state index in [4.69, 9.17) is 47.0 Å². The van der Waals surface area contributed by atoms with E-state index >= 15 is 0 Å². The average Bonchev–Trinajstić information content (AvgIpc) is 3.81. The second-order valence-corrected chi connectivity index (χ2v) is 17.3. The van der Waals surface area contributed by atoms with Crippen LogP contribution < -0.4 is 39.3 Å². The fourth-order valence-corrected chi connectivity index (χ4v) is 7.91. The van der Waals surface area contributed by atoms with E-state index in [1.54, 1.807) is 24.3 Å². The molecule has 13 heteroatoms. The average molecular weight is 718 g/mol. The van der Waals surface area contributed by atoms with Gasteiger partial charge in [-0.3, -0.25) is 0 Å². The molecule has 0 amide bonds. The Morgan fingerprint density at radius 3 is 1.15 bits per heavy atom. The van der Waals surface area contributed by atoms with E-state index in [-0.39, 0.29) is 23.3 Å². The third-order valence-corrected chi connectivity index (χ3v) is 12.6. The number of carbonyl (C=O) groups excluding carboxylic acids is 1. The highest BCUT2D eigenvalue weighted by molar-refractivity contribution is 6.64. The zero-order chi connectivity index (χ0) is 36.6. The largest absolute Gasteiger partial charge is 0.519 e. The minimum Gasteiger partial charge on any atom is -0.451 e. The standard InChI is InChI=1S/C39H52B2O11/c1-36(2)37(3,4)50-40(49-36)25-19-29-31(45-33(43-29)23-15-11-9-12-16-23)21-27(25)47-35(42)48-28-22-32-30(44-34(46-32)24-17-13-10-14-18-24)20-26(28)41-51-38(5,6)39(7,8)52-41/h19-24,33-34H,9-18H2,1-8H3. The monoisotopic (exact) mass is 718 g/mol. The Balaban J connectivity index is 1.09. The molecule has 280 valence electrons. The molecule has 4 fully saturated rings. The molecule has 0 bridgehead atoms. The first kappa shape index (κ1) is 35.9. The molecule has 0 radical (unpaired) electrons. The van der Waals surface area contributed by atoms with Crippen LogP contribution in [0.4, 0.5) is 4.79 Å². The third kappa shape index (κ3) is 6.54. The van der Waals surface area contributed by atoms with Gasteiger partial charge < -0.3 is 47.0 Å². The molecule has 0 aromatic heterocycles. The summed E-state index contributed by atoms with van der Waals surface area (Å²) in [7, 11) is -1.67. The van der Waals surface area contributed by atoms with Crippen molar-refractivity contribution < 1.29 is 51.8 Å². The SMILES string of the molecule is CC1(C)OB(c2cc3c(cc2OC(=O)Oc2cc4c(cc2B2OC(C)(C)C(C)(C)O2)OC(C2CCCCC2)O4)OC(C2CCCCC2)O3)OC1(C)C. The van der Waals surface area contributed by atoms with Crippen molar-refractivity contribution in [3.05, 3.63) is 24.3 Å². The lowest BCUT2D eigenvalue weighted by Crippen LogP contribution is -2.41. The zero-order valence-electron chi connectivity index (χ0n) is 31.8. The summed E-state index contributed by atoms with van der Waals surface area (Å²) in [6.45, 7) is 15.8. The first-order chi connectivity index (χ1) is 24.6. The van der Waals surface area contributed by atoms with Gasteiger partial charge in [0.05, 0.1) is 22.4 Å². The molecule has 4 heterocycles. The summed E-state index contributed by atoms with van der Waals surface area (Å²) in [5.74, 6) is 3.05. The molecule has 2 aromatic carbocycles. The van der Waals surface area contributed by atoms with Gasteiger partial charge in [0.25, 0.3) is 0 Å². The van der Waals surface area contributed by atoms with Gasteiger partial charge >= 0.3 is 20.4 Å². The molecule has 2 unspecified atom stereocenters. The van der Waals surface area contributed by atoms with Crippen LogP contribution >= 0.6 is 0 Å². The number of ether oxygens (including phenoxy) is 6. The molecular weight excluding hydrogens is 666 g/mol. The number of fused-ring (bicyclic) bond motifs is 2. The summed E-state index contributed by atoms with van der Waals surface area (Å²) in [5, 5.41) is 0. The molecule has 2 atom stereocenters. The quantitative estimate of drug-likeness (QED) is 0.172. The predicted molar refractivity (Wildman–Crippen MR) is 194 cm³/mol. The normalized spacial score (nSPS) is 27.2.